The van der Waals surface area contributed by atoms with Crippen LogP contribution in [0.3, 0.4) is 0 Å². The van der Waals surface area contributed by atoms with Crippen LogP contribution in [0.4, 0.5) is 0 Å². The minimum atomic E-state index is -0.111. The summed E-state index contributed by atoms with van der Waals surface area (Å²) < 4.78 is 5.20. The van der Waals surface area contributed by atoms with E-state index in [0.29, 0.717) is 28.2 Å². The maximum Gasteiger partial charge on any atom is 0.185 e. The van der Waals surface area contributed by atoms with Crippen LogP contribution in [0.15, 0.2) is 22.6 Å². The molecule has 88 valence electrons. The van der Waals surface area contributed by atoms with Gasteiger partial charge in [0.25, 0.3) is 0 Å². The highest BCUT2D eigenvalue weighted by Crippen LogP contribution is 2.41. The first-order valence-corrected chi connectivity index (χ1v) is 5.53. The lowest BCUT2D eigenvalue weighted by molar-refractivity contribution is 0.110. The molecule has 0 fully saturated rings. The molecule has 0 spiro atoms. The molecule has 0 atom stereocenters. The van der Waals surface area contributed by atoms with Crippen LogP contribution in [0.5, 0.6) is 5.75 Å². The monoisotopic (exact) mass is 270 g/mol. The molecule has 5 heteroatoms. The van der Waals surface area contributed by atoms with Crippen molar-refractivity contribution in [3.8, 4) is 17.1 Å². The minimum absolute atomic E-state index is 0.111. The third-order valence-corrected chi connectivity index (χ3v) is 3.29. The van der Waals surface area contributed by atoms with Gasteiger partial charge in [-0.05, 0) is 30.7 Å². The number of phenolic OH excluding ortho intramolecular Hbond substituents is 1. The highest BCUT2D eigenvalue weighted by Gasteiger charge is 2.16. The molecule has 3 nitrogen and oxygen atoms in total. The third kappa shape index (κ3) is 2.04. The van der Waals surface area contributed by atoms with E-state index in [9.17, 15) is 9.90 Å². The lowest BCUT2D eigenvalue weighted by atomic mass is 10.1. The van der Waals surface area contributed by atoms with Crippen LogP contribution in [-0.2, 0) is 0 Å². The van der Waals surface area contributed by atoms with Gasteiger partial charge in [0.15, 0.2) is 12.0 Å². The van der Waals surface area contributed by atoms with Crippen LogP contribution < -0.4 is 0 Å². The van der Waals surface area contributed by atoms with Crippen LogP contribution in [0.25, 0.3) is 11.3 Å². The number of hydrogen-bond acceptors (Lipinski definition) is 3. The van der Waals surface area contributed by atoms with E-state index in [1.54, 1.807) is 19.1 Å². The molecule has 0 unspecified atom stereocenters. The van der Waals surface area contributed by atoms with Gasteiger partial charge in [0.05, 0.1) is 10.6 Å². The Labute approximate surface area is 108 Å². The zero-order valence-electron chi connectivity index (χ0n) is 8.83. The molecule has 0 saturated heterocycles. The Balaban J connectivity index is 2.63. The second-order valence-corrected chi connectivity index (χ2v) is 4.30. The van der Waals surface area contributed by atoms with Crippen molar-refractivity contribution in [3.63, 3.8) is 0 Å². The van der Waals surface area contributed by atoms with Gasteiger partial charge in [0, 0.05) is 5.02 Å². The van der Waals surface area contributed by atoms with E-state index in [4.69, 9.17) is 27.6 Å². The lowest BCUT2D eigenvalue weighted by Gasteiger charge is -2.08. The second-order valence-electron chi connectivity index (χ2n) is 3.51. The van der Waals surface area contributed by atoms with E-state index in [0.717, 1.165) is 0 Å². The zero-order valence-corrected chi connectivity index (χ0v) is 10.3. The van der Waals surface area contributed by atoms with E-state index >= 15 is 0 Å². The Morgan fingerprint density at radius 2 is 2.06 bits per heavy atom. The number of benzene rings is 1. The van der Waals surface area contributed by atoms with E-state index < -0.39 is 0 Å². The molecule has 2 aromatic rings. The average Bonchev–Trinajstić information content (AvgIpc) is 2.79. The quantitative estimate of drug-likeness (QED) is 0.837. The predicted octanol–water partition coefficient (Wildman–Crippen LogP) is 4.08. The normalized spacial score (nSPS) is 10.5. The van der Waals surface area contributed by atoms with Crippen molar-refractivity contribution in [2.24, 2.45) is 0 Å². The highest BCUT2D eigenvalue weighted by molar-refractivity contribution is 6.37. The maximum atomic E-state index is 10.5. The van der Waals surface area contributed by atoms with Crippen LogP contribution in [-0.4, -0.2) is 11.4 Å². The number of rotatable bonds is 2. The summed E-state index contributed by atoms with van der Waals surface area (Å²) in [6.07, 6.45) is 0.581. The molecule has 17 heavy (non-hydrogen) atoms. The molecule has 1 heterocycles. The molecule has 0 radical (unpaired) electrons. The number of carbonyl (C=O) groups excluding carboxylic acids is 1. The van der Waals surface area contributed by atoms with E-state index in [2.05, 4.69) is 0 Å². The standard InChI is InChI=1S/C12H8Cl2O3/c1-6-9(13)4-8(12(16)11(6)14)10-3-2-7(5-15)17-10/h2-5,16H,1H3. The SMILES string of the molecule is Cc1c(Cl)cc(-c2ccc(C=O)o2)c(O)c1Cl. The largest absolute Gasteiger partial charge is 0.506 e. The van der Waals surface area contributed by atoms with Crippen molar-refractivity contribution in [3.05, 3.63) is 39.6 Å². The highest BCUT2D eigenvalue weighted by atomic mass is 35.5. The first-order chi connectivity index (χ1) is 8.04. The summed E-state index contributed by atoms with van der Waals surface area (Å²) in [6.45, 7) is 1.70. The van der Waals surface area contributed by atoms with Gasteiger partial charge in [0.1, 0.15) is 11.5 Å². The van der Waals surface area contributed by atoms with Gasteiger partial charge < -0.3 is 9.52 Å². The maximum absolute atomic E-state index is 10.5. The molecule has 0 aliphatic heterocycles. The first-order valence-electron chi connectivity index (χ1n) is 4.77. The third-order valence-electron chi connectivity index (χ3n) is 2.43. The number of phenols is 1. The van der Waals surface area contributed by atoms with Gasteiger partial charge in [-0.25, -0.2) is 0 Å². The predicted molar refractivity (Wildman–Crippen MR) is 66.0 cm³/mol. The Bertz CT molecular complexity index is 588. The Morgan fingerprint density at radius 1 is 1.35 bits per heavy atom. The summed E-state index contributed by atoms with van der Waals surface area (Å²) in [7, 11) is 0. The average molecular weight is 271 g/mol. The molecule has 1 aromatic heterocycles. The molecular formula is C12H8Cl2O3. The summed E-state index contributed by atoms with van der Waals surface area (Å²) in [5, 5.41) is 10.5. The summed E-state index contributed by atoms with van der Waals surface area (Å²) in [5.41, 5.74) is 0.954. The van der Waals surface area contributed by atoms with Gasteiger partial charge in [0.2, 0.25) is 0 Å². The lowest BCUT2D eigenvalue weighted by Crippen LogP contribution is -1.84. The van der Waals surface area contributed by atoms with Gasteiger partial charge in [-0.3, -0.25) is 4.79 Å². The van der Waals surface area contributed by atoms with Crippen molar-refractivity contribution in [2.75, 3.05) is 0 Å². The fourth-order valence-electron chi connectivity index (χ4n) is 1.45. The Kier molecular flexibility index (Phi) is 3.13. The van der Waals surface area contributed by atoms with E-state index in [1.165, 1.54) is 6.07 Å². The topological polar surface area (TPSA) is 50.4 Å². The van der Waals surface area contributed by atoms with Crippen molar-refractivity contribution < 1.29 is 14.3 Å². The fraction of sp³-hybridized carbons (Fsp3) is 0.0833. The molecule has 1 aromatic carbocycles. The molecule has 0 aliphatic rings. The minimum Gasteiger partial charge on any atom is -0.506 e. The van der Waals surface area contributed by atoms with E-state index in [1.807, 2.05) is 0 Å². The van der Waals surface area contributed by atoms with Crippen LogP contribution in [0, 0.1) is 6.92 Å². The van der Waals surface area contributed by atoms with Crippen LogP contribution in [0.1, 0.15) is 16.1 Å². The number of furan rings is 1. The number of halogens is 2. The molecule has 0 aliphatic carbocycles. The number of hydrogen-bond donors (Lipinski definition) is 1. The van der Waals surface area contributed by atoms with Crippen molar-refractivity contribution in [2.45, 2.75) is 6.92 Å². The molecular weight excluding hydrogens is 263 g/mol. The van der Waals surface area contributed by atoms with Crippen molar-refractivity contribution >= 4 is 29.5 Å². The number of aromatic hydroxyl groups is 1. The number of carbonyl (C=O) groups is 1. The summed E-state index contributed by atoms with van der Waals surface area (Å²) >= 11 is 11.9. The van der Waals surface area contributed by atoms with Gasteiger partial charge >= 0.3 is 0 Å². The molecule has 0 bridgehead atoms. The van der Waals surface area contributed by atoms with Gasteiger partial charge in [-0.2, -0.15) is 0 Å². The van der Waals surface area contributed by atoms with Crippen LogP contribution >= 0.6 is 23.2 Å². The van der Waals surface area contributed by atoms with Gasteiger partial charge in [-0.15, -0.1) is 0 Å². The smallest absolute Gasteiger partial charge is 0.185 e. The molecule has 2 rings (SSSR count). The Hall–Kier alpha value is -1.45. The summed E-state index contributed by atoms with van der Waals surface area (Å²) in [5.74, 6) is 0.404. The Morgan fingerprint density at radius 3 is 2.65 bits per heavy atom. The fourth-order valence-corrected chi connectivity index (χ4v) is 1.91. The van der Waals surface area contributed by atoms with Crippen LogP contribution in [0.2, 0.25) is 10.0 Å². The van der Waals surface area contributed by atoms with E-state index in [-0.39, 0.29) is 16.5 Å². The number of aldehydes is 1. The first kappa shape index (κ1) is 12.0. The molecule has 0 amide bonds. The molecule has 0 saturated carbocycles. The molecule has 1 N–H and O–H groups in total. The zero-order chi connectivity index (χ0) is 12.6. The van der Waals surface area contributed by atoms with Gasteiger partial charge in [-0.1, -0.05) is 23.2 Å². The summed E-state index contributed by atoms with van der Waals surface area (Å²) in [6, 6.07) is 4.62. The van der Waals surface area contributed by atoms with Crippen molar-refractivity contribution in [1.82, 2.24) is 0 Å². The van der Waals surface area contributed by atoms with Crippen molar-refractivity contribution in [1.29, 1.82) is 0 Å². The summed E-state index contributed by atoms with van der Waals surface area (Å²) in [4.78, 5) is 10.5. The second kappa shape index (κ2) is 4.43.